The highest BCUT2D eigenvalue weighted by atomic mass is 32.1. The third kappa shape index (κ3) is 3.70. The first-order valence-corrected chi connectivity index (χ1v) is 7.48. The van der Waals surface area contributed by atoms with Gasteiger partial charge in [0.1, 0.15) is 5.69 Å². The van der Waals surface area contributed by atoms with Crippen LogP contribution in [0, 0.1) is 0 Å². The molecule has 1 aliphatic heterocycles. The van der Waals surface area contributed by atoms with E-state index in [9.17, 15) is 0 Å². The second-order valence-electron chi connectivity index (χ2n) is 4.61. The lowest BCUT2D eigenvalue weighted by atomic mass is 10.00. The Morgan fingerprint density at radius 1 is 1.39 bits per heavy atom. The molecule has 4 nitrogen and oxygen atoms in total. The highest BCUT2D eigenvalue weighted by Crippen LogP contribution is 2.28. The number of hydrogen-bond acceptors (Lipinski definition) is 5. The molecule has 2 heterocycles. The Morgan fingerprint density at radius 3 is 3.11 bits per heavy atom. The van der Waals surface area contributed by atoms with E-state index in [0.717, 1.165) is 37.6 Å². The van der Waals surface area contributed by atoms with Gasteiger partial charge in [0.15, 0.2) is 0 Å². The Bertz CT molecular complexity index is 378. The minimum absolute atomic E-state index is 0.402. The van der Waals surface area contributed by atoms with Gasteiger partial charge in [0.2, 0.25) is 5.88 Å². The third-order valence-corrected chi connectivity index (χ3v) is 3.65. The first-order chi connectivity index (χ1) is 8.92. The summed E-state index contributed by atoms with van der Waals surface area (Å²) in [5.41, 5.74) is 1.02. The molecule has 0 aromatic carbocycles. The molecule has 1 N–H and O–H groups in total. The van der Waals surface area contributed by atoms with Crippen molar-refractivity contribution in [2.24, 2.45) is 0 Å². The fraction of sp³-hybridized carbons (Fsp3) is 0.692. The molecule has 0 bridgehead atoms. The second-order valence-corrected chi connectivity index (χ2v) is 5.14. The maximum absolute atomic E-state index is 5.76. The van der Waals surface area contributed by atoms with E-state index in [-0.39, 0.29) is 0 Å². The Morgan fingerprint density at radius 2 is 2.33 bits per heavy atom. The van der Waals surface area contributed by atoms with Crippen LogP contribution in [-0.2, 0) is 0 Å². The lowest BCUT2D eigenvalue weighted by Gasteiger charge is -2.17. The normalized spacial score (nSPS) is 18.6. The van der Waals surface area contributed by atoms with E-state index in [2.05, 4.69) is 27.1 Å². The molecule has 1 atom stereocenters. The van der Waals surface area contributed by atoms with Crippen LogP contribution in [0.4, 0.5) is 0 Å². The molecule has 1 aromatic rings. The monoisotopic (exact) mass is 267 g/mol. The minimum atomic E-state index is 0.402. The summed E-state index contributed by atoms with van der Waals surface area (Å²) in [5.74, 6) is 1.15. The molecule has 1 aromatic heterocycles. The van der Waals surface area contributed by atoms with E-state index in [4.69, 9.17) is 4.74 Å². The number of nitrogens with one attached hydrogen (secondary N) is 1. The number of unbranched alkanes of at least 4 members (excludes halogenated alkanes) is 3. The molecule has 1 aliphatic rings. The highest BCUT2D eigenvalue weighted by molar-refractivity contribution is 6.99. The second kappa shape index (κ2) is 7.36. The van der Waals surface area contributed by atoms with Crippen LogP contribution in [0.2, 0.25) is 0 Å². The standard InChI is InChI=1S/C13H21N3OS/c1-2-3-4-5-9-17-13-12(15-18-16-13)11-7-6-8-14-10-11/h6,8,11,14H,2-5,7,9-10H2,1H3. The lowest BCUT2D eigenvalue weighted by molar-refractivity contribution is 0.290. The first kappa shape index (κ1) is 13.3. The van der Waals surface area contributed by atoms with E-state index in [1.165, 1.54) is 31.0 Å². The molecular formula is C13H21N3OS. The van der Waals surface area contributed by atoms with Crippen LogP contribution in [0.15, 0.2) is 12.3 Å². The van der Waals surface area contributed by atoms with E-state index in [0.29, 0.717) is 5.92 Å². The van der Waals surface area contributed by atoms with Gasteiger partial charge >= 0.3 is 0 Å². The molecule has 0 saturated carbocycles. The molecule has 0 amide bonds. The summed E-state index contributed by atoms with van der Waals surface area (Å²) in [4.78, 5) is 0. The van der Waals surface area contributed by atoms with Crippen molar-refractivity contribution in [3.05, 3.63) is 18.0 Å². The molecular weight excluding hydrogens is 246 g/mol. The number of allylic oxidation sites excluding steroid dienone is 1. The van der Waals surface area contributed by atoms with Crippen molar-refractivity contribution in [3.63, 3.8) is 0 Å². The Hall–Kier alpha value is -1.10. The molecule has 0 aliphatic carbocycles. The SMILES string of the molecule is CCCCCCOc1nsnc1C1CC=CNC1. The predicted molar refractivity (Wildman–Crippen MR) is 74.0 cm³/mol. The van der Waals surface area contributed by atoms with Crippen molar-refractivity contribution in [2.75, 3.05) is 13.2 Å². The van der Waals surface area contributed by atoms with Crippen LogP contribution in [0.1, 0.15) is 50.6 Å². The zero-order valence-corrected chi connectivity index (χ0v) is 11.7. The predicted octanol–water partition coefficient (Wildman–Crippen LogP) is 3.09. The maximum atomic E-state index is 5.76. The van der Waals surface area contributed by atoms with Crippen molar-refractivity contribution in [1.29, 1.82) is 0 Å². The molecule has 2 rings (SSSR count). The number of ether oxygens (including phenoxy) is 1. The number of aromatic nitrogens is 2. The van der Waals surface area contributed by atoms with Crippen molar-refractivity contribution in [3.8, 4) is 5.88 Å². The number of rotatable bonds is 7. The van der Waals surface area contributed by atoms with E-state index in [1.807, 2.05) is 6.20 Å². The van der Waals surface area contributed by atoms with Crippen LogP contribution < -0.4 is 10.1 Å². The first-order valence-electron chi connectivity index (χ1n) is 6.75. The molecule has 5 heteroatoms. The molecule has 0 spiro atoms. The summed E-state index contributed by atoms with van der Waals surface area (Å²) in [6, 6.07) is 0. The number of hydrogen-bond donors (Lipinski definition) is 1. The van der Waals surface area contributed by atoms with Crippen molar-refractivity contribution in [1.82, 2.24) is 14.1 Å². The van der Waals surface area contributed by atoms with Crippen molar-refractivity contribution in [2.45, 2.75) is 44.9 Å². The molecule has 0 fully saturated rings. The van der Waals surface area contributed by atoms with Gasteiger partial charge in [-0.15, -0.1) is 4.37 Å². The summed E-state index contributed by atoms with van der Waals surface area (Å²) in [7, 11) is 0. The van der Waals surface area contributed by atoms with Crippen LogP contribution >= 0.6 is 11.7 Å². The van der Waals surface area contributed by atoms with E-state index < -0.39 is 0 Å². The van der Waals surface area contributed by atoms with Gasteiger partial charge in [0.25, 0.3) is 0 Å². The quantitative estimate of drug-likeness (QED) is 0.771. The smallest absolute Gasteiger partial charge is 0.249 e. The fourth-order valence-corrected chi connectivity index (χ4v) is 2.63. The zero-order valence-electron chi connectivity index (χ0n) is 10.9. The third-order valence-electron chi connectivity index (χ3n) is 3.13. The van der Waals surface area contributed by atoms with E-state index in [1.54, 1.807) is 0 Å². The molecule has 0 saturated heterocycles. The summed E-state index contributed by atoms with van der Waals surface area (Å²) < 4.78 is 14.4. The average molecular weight is 267 g/mol. The topological polar surface area (TPSA) is 47.0 Å². The van der Waals surface area contributed by atoms with E-state index >= 15 is 0 Å². The minimum Gasteiger partial charge on any atom is -0.476 e. The van der Waals surface area contributed by atoms with Gasteiger partial charge in [0.05, 0.1) is 18.3 Å². The molecule has 1 unspecified atom stereocenters. The van der Waals surface area contributed by atoms with Gasteiger partial charge in [-0.05, 0) is 19.0 Å². The van der Waals surface area contributed by atoms with Crippen LogP contribution in [-0.4, -0.2) is 21.9 Å². The molecule has 0 radical (unpaired) electrons. The van der Waals surface area contributed by atoms with Gasteiger partial charge in [-0.1, -0.05) is 32.3 Å². The summed E-state index contributed by atoms with van der Waals surface area (Å²) >= 11 is 1.25. The van der Waals surface area contributed by atoms with Gasteiger partial charge in [-0.2, -0.15) is 4.37 Å². The maximum Gasteiger partial charge on any atom is 0.249 e. The van der Waals surface area contributed by atoms with Gasteiger partial charge in [-0.25, -0.2) is 0 Å². The Kier molecular flexibility index (Phi) is 5.45. The van der Waals surface area contributed by atoms with Crippen LogP contribution in [0.25, 0.3) is 0 Å². The van der Waals surface area contributed by atoms with Crippen molar-refractivity contribution < 1.29 is 4.74 Å². The van der Waals surface area contributed by atoms with Gasteiger partial charge in [0, 0.05) is 12.5 Å². The average Bonchev–Trinajstić information content (AvgIpc) is 2.88. The van der Waals surface area contributed by atoms with Gasteiger partial charge in [-0.3, -0.25) is 0 Å². The summed E-state index contributed by atoms with van der Waals surface area (Å²) in [6.07, 6.45) is 10.0. The lowest BCUT2D eigenvalue weighted by Crippen LogP contribution is -2.20. The molecule has 18 heavy (non-hydrogen) atoms. The Balaban J connectivity index is 1.81. The highest BCUT2D eigenvalue weighted by Gasteiger charge is 2.21. The molecule has 100 valence electrons. The summed E-state index contributed by atoms with van der Waals surface area (Å²) in [5, 5.41) is 3.24. The van der Waals surface area contributed by atoms with Crippen molar-refractivity contribution >= 4 is 11.7 Å². The van der Waals surface area contributed by atoms with Gasteiger partial charge < -0.3 is 10.1 Å². The summed E-state index contributed by atoms with van der Waals surface area (Å²) in [6.45, 7) is 3.90. The largest absolute Gasteiger partial charge is 0.476 e. The Labute approximate surface area is 113 Å². The zero-order chi connectivity index (χ0) is 12.6. The van der Waals surface area contributed by atoms with Crippen LogP contribution in [0.5, 0.6) is 5.88 Å². The van der Waals surface area contributed by atoms with Crippen LogP contribution in [0.3, 0.4) is 0 Å². The fourth-order valence-electron chi connectivity index (χ4n) is 2.05. The number of nitrogens with zero attached hydrogens (tertiary/aromatic N) is 2.